The molecule has 1 aromatic rings. The van der Waals surface area contributed by atoms with Crippen molar-refractivity contribution in [3.63, 3.8) is 0 Å². The molecule has 140 valence electrons. The van der Waals surface area contributed by atoms with Gasteiger partial charge >= 0.3 is 6.18 Å². The lowest BCUT2D eigenvalue weighted by Crippen LogP contribution is -2.52. The summed E-state index contributed by atoms with van der Waals surface area (Å²) in [5.41, 5.74) is -3.83. The molecule has 0 bridgehead atoms. The quantitative estimate of drug-likeness (QED) is 0.813. The molecule has 1 unspecified atom stereocenters. The Morgan fingerprint density at radius 3 is 2.32 bits per heavy atom. The van der Waals surface area contributed by atoms with Crippen molar-refractivity contribution >= 4 is 33.0 Å². The number of carbonyl (C=O) groups excluding carboxylic acids is 1. The highest BCUT2D eigenvalue weighted by Gasteiger charge is 2.55. The van der Waals surface area contributed by atoms with Gasteiger partial charge in [-0.2, -0.15) is 13.2 Å². The number of benzene rings is 1. The second kappa shape index (κ2) is 6.77. The smallest absolute Gasteiger partial charge is 0.373 e. The monoisotopic (exact) mass is 399 g/mol. The van der Waals surface area contributed by atoms with Crippen molar-refractivity contribution in [2.45, 2.75) is 54.5 Å². The number of carbonyl (C=O) groups is 1. The zero-order valence-electron chi connectivity index (χ0n) is 13.2. The van der Waals surface area contributed by atoms with E-state index >= 15 is 0 Å². The van der Waals surface area contributed by atoms with Gasteiger partial charge in [0.15, 0.2) is 9.84 Å². The largest absolute Gasteiger partial charge is 0.426 e. The molecule has 2 N–H and O–H groups in total. The summed E-state index contributed by atoms with van der Waals surface area (Å²) in [7, 11) is -3.58. The molecule has 10 heteroatoms. The lowest BCUT2D eigenvalue weighted by molar-refractivity contribution is -0.242. The summed E-state index contributed by atoms with van der Waals surface area (Å²) >= 11 is 5.91. The molecule has 1 fully saturated rings. The fourth-order valence-corrected chi connectivity index (χ4v) is 4.71. The van der Waals surface area contributed by atoms with Gasteiger partial charge in [0.1, 0.15) is 0 Å². The number of anilines is 1. The molecule has 1 aliphatic rings. The molecule has 1 aliphatic carbocycles. The standard InChI is InChI=1S/C15H17ClF3NO4S/c1-14(22,15(17,18)19)13(21)20-12-7-6-10(8-11(12)16)25(23,24)9-4-2-3-5-9/h6-9,22H,2-5H2,1H3,(H,20,21). The van der Waals surface area contributed by atoms with Gasteiger partial charge in [0, 0.05) is 0 Å². The highest BCUT2D eigenvalue weighted by Crippen LogP contribution is 2.34. The van der Waals surface area contributed by atoms with E-state index in [9.17, 15) is 31.5 Å². The molecule has 2 rings (SSSR count). The molecular formula is C15H17ClF3NO4S. The van der Waals surface area contributed by atoms with Gasteiger partial charge in [0.2, 0.25) is 5.60 Å². The van der Waals surface area contributed by atoms with E-state index in [4.69, 9.17) is 11.6 Å². The van der Waals surface area contributed by atoms with Crippen LogP contribution in [0.5, 0.6) is 0 Å². The summed E-state index contributed by atoms with van der Waals surface area (Å²) in [4.78, 5) is 11.6. The third kappa shape index (κ3) is 3.93. The van der Waals surface area contributed by atoms with E-state index in [0.29, 0.717) is 19.8 Å². The Balaban J connectivity index is 2.24. The van der Waals surface area contributed by atoms with Crippen molar-refractivity contribution < 1.29 is 31.5 Å². The van der Waals surface area contributed by atoms with E-state index in [0.717, 1.165) is 25.0 Å². The molecule has 0 spiro atoms. The minimum Gasteiger partial charge on any atom is -0.373 e. The number of nitrogens with one attached hydrogen (secondary N) is 1. The summed E-state index contributed by atoms with van der Waals surface area (Å²) in [5.74, 6) is -1.71. The van der Waals surface area contributed by atoms with Crippen molar-refractivity contribution in [1.82, 2.24) is 0 Å². The number of aliphatic hydroxyl groups is 1. The zero-order valence-corrected chi connectivity index (χ0v) is 14.8. The van der Waals surface area contributed by atoms with Gasteiger partial charge in [-0.3, -0.25) is 4.79 Å². The predicted molar refractivity (Wildman–Crippen MR) is 86.2 cm³/mol. The number of amides is 1. The maximum Gasteiger partial charge on any atom is 0.426 e. The van der Waals surface area contributed by atoms with Crippen LogP contribution in [0.15, 0.2) is 23.1 Å². The predicted octanol–water partition coefficient (Wildman–Crippen LogP) is 3.31. The summed E-state index contributed by atoms with van der Waals surface area (Å²) < 4.78 is 62.9. The Kier molecular flexibility index (Phi) is 5.42. The lowest BCUT2D eigenvalue weighted by Gasteiger charge is -2.25. The Morgan fingerprint density at radius 1 is 1.28 bits per heavy atom. The third-order valence-electron chi connectivity index (χ3n) is 4.25. The molecule has 1 saturated carbocycles. The van der Waals surface area contributed by atoms with Crippen molar-refractivity contribution in [1.29, 1.82) is 0 Å². The molecule has 0 saturated heterocycles. The molecule has 0 aromatic heterocycles. The minimum absolute atomic E-state index is 0.0509. The molecule has 1 amide bonds. The summed E-state index contributed by atoms with van der Waals surface area (Å²) in [6.07, 6.45) is -2.44. The van der Waals surface area contributed by atoms with Crippen LogP contribution in [0.25, 0.3) is 0 Å². The average Bonchev–Trinajstić information content (AvgIpc) is 3.02. The summed E-state index contributed by atoms with van der Waals surface area (Å²) in [5, 5.41) is 10.5. The molecular weight excluding hydrogens is 383 g/mol. The second-order valence-electron chi connectivity index (χ2n) is 6.12. The van der Waals surface area contributed by atoms with E-state index in [1.165, 1.54) is 6.07 Å². The maximum atomic E-state index is 12.7. The number of hydrogen-bond acceptors (Lipinski definition) is 4. The highest BCUT2D eigenvalue weighted by molar-refractivity contribution is 7.92. The Hall–Kier alpha value is -1.32. The fourth-order valence-electron chi connectivity index (χ4n) is 2.54. The van der Waals surface area contributed by atoms with Crippen LogP contribution in [-0.4, -0.2) is 36.5 Å². The number of halogens is 4. The second-order valence-corrected chi connectivity index (χ2v) is 8.75. The van der Waals surface area contributed by atoms with Crippen LogP contribution in [-0.2, 0) is 14.6 Å². The normalized spacial score (nSPS) is 18.8. The Morgan fingerprint density at radius 2 is 1.84 bits per heavy atom. The SMILES string of the molecule is CC(O)(C(=O)Nc1ccc(S(=O)(=O)C2CCCC2)cc1Cl)C(F)(F)F. The van der Waals surface area contributed by atoms with E-state index in [1.54, 1.807) is 0 Å². The van der Waals surface area contributed by atoms with Crippen LogP contribution < -0.4 is 5.32 Å². The van der Waals surface area contributed by atoms with Gasteiger partial charge in [-0.15, -0.1) is 0 Å². The molecule has 25 heavy (non-hydrogen) atoms. The maximum absolute atomic E-state index is 12.7. The zero-order chi connectivity index (χ0) is 19.0. The first-order valence-corrected chi connectivity index (χ1v) is 9.44. The first-order chi connectivity index (χ1) is 11.4. The van der Waals surface area contributed by atoms with Gasteiger partial charge in [-0.05, 0) is 38.0 Å². The Labute approximate surface area is 148 Å². The lowest BCUT2D eigenvalue weighted by atomic mass is 10.1. The average molecular weight is 400 g/mol. The first-order valence-electron chi connectivity index (χ1n) is 7.51. The van der Waals surface area contributed by atoms with Crippen LogP contribution in [0.4, 0.5) is 18.9 Å². The third-order valence-corrected chi connectivity index (χ3v) is 6.83. The van der Waals surface area contributed by atoms with Gasteiger partial charge in [0.05, 0.1) is 20.9 Å². The molecule has 1 aromatic carbocycles. The first kappa shape index (κ1) is 20.0. The minimum atomic E-state index is -5.17. The van der Waals surface area contributed by atoms with Gasteiger partial charge < -0.3 is 10.4 Å². The molecule has 0 radical (unpaired) electrons. The van der Waals surface area contributed by atoms with E-state index in [-0.39, 0.29) is 15.6 Å². The highest BCUT2D eigenvalue weighted by atomic mass is 35.5. The Bertz CT molecular complexity index is 771. The van der Waals surface area contributed by atoms with Gasteiger partial charge in [-0.1, -0.05) is 24.4 Å². The van der Waals surface area contributed by atoms with Crippen molar-refractivity contribution in [2.24, 2.45) is 0 Å². The molecule has 0 aliphatic heterocycles. The van der Waals surface area contributed by atoms with E-state index < -0.39 is 32.8 Å². The van der Waals surface area contributed by atoms with E-state index in [1.807, 2.05) is 5.32 Å². The molecule has 5 nitrogen and oxygen atoms in total. The van der Waals surface area contributed by atoms with Crippen LogP contribution >= 0.6 is 11.6 Å². The summed E-state index contributed by atoms with van der Waals surface area (Å²) in [6.45, 7) is 0.315. The van der Waals surface area contributed by atoms with Gasteiger partial charge in [-0.25, -0.2) is 8.42 Å². The summed E-state index contributed by atoms with van der Waals surface area (Å²) in [6, 6.07) is 3.37. The van der Waals surface area contributed by atoms with Crippen LogP contribution in [0.3, 0.4) is 0 Å². The number of sulfone groups is 1. The van der Waals surface area contributed by atoms with Crippen LogP contribution in [0, 0.1) is 0 Å². The van der Waals surface area contributed by atoms with Crippen LogP contribution in [0.1, 0.15) is 32.6 Å². The van der Waals surface area contributed by atoms with Crippen molar-refractivity contribution in [3.05, 3.63) is 23.2 Å². The van der Waals surface area contributed by atoms with Crippen LogP contribution in [0.2, 0.25) is 5.02 Å². The number of alkyl halides is 3. The topological polar surface area (TPSA) is 83.5 Å². The van der Waals surface area contributed by atoms with Gasteiger partial charge in [0.25, 0.3) is 5.91 Å². The van der Waals surface area contributed by atoms with Crippen molar-refractivity contribution in [2.75, 3.05) is 5.32 Å². The van der Waals surface area contributed by atoms with Crippen molar-refractivity contribution in [3.8, 4) is 0 Å². The molecule has 1 atom stereocenters. The number of rotatable bonds is 4. The fraction of sp³-hybridized carbons (Fsp3) is 0.533. The van der Waals surface area contributed by atoms with E-state index in [2.05, 4.69) is 0 Å². The molecule has 0 heterocycles. The number of hydrogen-bond donors (Lipinski definition) is 2.